The molecule has 1 unspecified atom stereocenters. The standard InChI is InChI=1S/C10H8F6O/c1-8(17,10(14,15)16)6-3-2-4-7(5-6)9(11,12)13/h2-5,17H,1H3. The highest BCUT2D eigenvalue weighted by Gasteiger charge is 2.51. The van der Waals surface area contributed by atoms with Gasteiger partial charge in [-0.1, -0.05) is 12.1 Å². The van der Waals surface area contributed by atoms with Gasteiger partial charge in [-0.05, 0) is 24.6 Å². The largest absolute Gasteiger partial charge is 0.421 e. The maximum Gasteiger partial charge on any atom is 0.421 e. The molecule has 1 aromatic carbocycles. The molecule has 0 aliphatic heterocycles. The Bertz CT molecular complexity index is 404. The second kappa shape index (κ2) is 3.90. The first-order valence-electron chi connectivity index (χ1n) is 4.43. The minimum absolute atomic E-state index is 0.285. The predicted molar refractivity (Wildman–Crippen MR) is 47.1 cm³/mol. The second-order valence-electron chi connectivity index (χ2n) is 3.65. The minimum Gasteiger partial charge on any atom is -0.376 e. The molecule has 0 aliphatic rings. The van der Waals surface area contributed by atoms with E-state index in [0.717, 1.165) is 12.1 Å². The summed E-state index contributed by atoms with van der Waals surface area (Å²) in [6, 6.07) is 2.53. The molecule has 0 spiro atoms. The fourth-order valence-electron chi connectivity index (χ4n) is 1.16. The molecule has 17 heavy (non-hydrogen) atoms. The van der Waals surface area contributed by atoms with Gasteiger partial charge in [0.15, 0.2) is 5.60 Å². The Labute approximate surface area is 92.7 Å². The highest BCUT2D eigenvalue weighted by molar-refractivity contribution is 5.30. The summed E-state index contributed by atoms with van der Waals surface area (Å²) >= 11 is 0. The summed E-state index contributed by atoms with van der Waals surface area (Å²) in [5.41, 5.74) is -5.40. The van der Waals surface area contributed by atoms with Crippen LogP contribution in [0.25, 0.3) is 0 Å². The highest BCUT2D eigenvalue weighted by atomic mass is 19.4. The average Bonchev–Trinajstić information content (AvgIpc) is 2.15. The van der Waals surface area contributed by atoms with Gasteiger partial charge in [-0.2, -0.15) is 26.3 Å². The third-order valence-corrected chi connectivity index (χ3v) is 2.30. The van der Waals surface area contributed by atoms with E-state index in [9.17, 15) is 31.4 Å². The second-order valence-corrected chi connectivity index (χ2v) is 3.65. The fraction of sp³-hybridized carbons (Fsp3) is 0.400. The molecule has 0 amide bonds. The van der Waals surface area contributed by atoms with Gasteiger partial charge in [-0.15, -0.1) is 0 Å². The van der Waals surface area contributed by atoms with Crippen LogP contribution in [0, 0.1) is 0 Å². The molecule has 0 saturated carbocycles. The predicted octanol–water partition coefficient (Wildman–Crippen LogP) is 3.48. The summed E-state index contributed by atoms with van der Waals surface area (Å²) in [5, 5.41) is 9.22. The molecule has 0 saturated heterocycles. The molecule has 0 radical (unpaired) electrons. The van der Waals surface area contributed by atoms with Crippen LogP contribution in [-0.2, 0) is 11.8 Å². The molecule has 1 rings (SSSR count). The maximum atomic E-state index is 12.4. The molecular weight excluding hydrogens is 250 g/mol. The van der Waals surface area contributed by atoms with Gasteiger partial charge in [0.05, 0.1) is 5.56 Å². The van der Waals surface area contributed by atoms with Crippen molar-refractivity contribution in [3.05, 3.63) is 35.4 Å². The van der Waals surface area contributed by atoms with Gasteiger partial charge in [0.1, 0.15) is 0 Å². The summed E-state index contributed by atoms with van der Waals surface area (Å²) in [6.07, 6.45) is -9.80. The van der Waals surface area contributed by atoms with E-state index in [4.69, 9.17) is 0 Å². The monoisotopic (exact) mass is 258 g/mol. The number of hydrogen-bond donors (Lipinski definition) is 1. The lowest BCUT2D eigenvalue weighted by atomic mass is 9.94. The lowest BCUT2D eigenvalue weighted by molar-refractivity contribution is -0.259. The number of rotatable bonds is 1. The average molecular weight is 258 g/mol. The van der Waals surface area contributed by atoms with Crippen molar-refractivity contribution in [2.45, 2.75) is 24.9 Å². The van der Waals surface area contributed by atoms with E-state index in [2.05, 4.69) is 0 Å². The lowest BCUT2D eigenvalue weighted by Crippen LogP contribution is -2.39. The van der Waals surface area contributed by atoms with E-state index in [1.807, 2.05) is 0 Å². The highest BCUT2D eigenvalue weighted by Crippen LogP contribution is 2.40. The smallest absolute Gasteiger partial charge is 0.376 e. The first kappa shape index (κ1) is 13.8. The third kappa shape index (κ3) is 2.71. The van der Waals surface area contributed by atoms with Crippen molar-refractivity contribution in [2.24, 2.45) is 0 Å². The molecule has 0 fully saturated rings. The minimum atomic E-state index is -5.04. The molecule has 0 aromatic heterocycles. The zero-order valence-electron chi connectivity index (χ0n) is 8.52. The quantitative estimate of drug-likeness (QED) is 0.764. The number of halogens is 6. The van der Waals surface area contributed by atoms with Gasteiger partial charge in [0.25, 0.3) is 0 Å². The first-order valence-corrected chi connectivity index (χ1v) is 4.43. The van der Waals surface area contributed by atoms with Crippen molar-refractivity contribution < 1.29 is 31.4 Å². The first-order chi connectivity index (χ1) is 7.46. The van der Waals surface area contributed by atoms with Crippen LogP contribution in [0.4, 0.5) is 26.3 Å². The van der Waals surface area contributed by atoms with Crippen molar-refractivity contribution >= 4 is 0 Å². The van der Waals surface area contributed by atoms with Crippen molar-refractivity contribution in [2.75, 3.05) is 0 Å². The molecule has 1 N–H and O–H groups in total. The van der Waals surface area contributed by atoms with Gasteiger partial charge in [-0.3, -0.25) is 0 Å². The van der Waals surface area contributed by atoms with Gasteiger partial charge >= 0.3 is 12.4 Å². The van der Waals surface area contributed by atoms with E-state index in [-0.39, 0.29) is 6.07 Å². The normalized spacial score (nSPS) is 16.7. The number of hydrogen-bond acceptors (Lipinski definition) is 1. The SMILES string of the molecule is CC(O)(c1cccc(C(F)(F)F)c1)C(F)(F)F. The maximum absolute atomic E-state index is 12.4. The van der Waals surface area contributed by atoms with E-state index in [1.165, 1.54) is 0 Å². The van der Waals surface area contributed by atoms with Crippen LogP contribution in [0.2, 0.25) is 0 Å². The molecular formula is C10H8F6O. The summed E-state index contributed by atoms with van der Waals surface area (Å²) in [4.78, 5) is 0. The van der Waals surface area contributed by atoms with Crippen LogP contribution in [0.5, 0.6) is 0 Å². The summed E-state index contributed by atoms with van der Waals surface area (Å²) in [5.74, 6) is 0. The summed E-state index contributed by atoms with van der Waals surface area (Å²) in [7, 11) is 0. The van der Waals surface area contributed by atoms with E-state index in [1.54, 1.807) is 0 Å². The molecule has 0 aliphatic carbocycles. The van der Waals surface area contributed by atoms with E-state index < -0.39 is 29.1 Å². The Hall–Kier alpha value is -1.24. The molecule has 7 heteroatoms. The zero-order chi connectivity index (χ0) is 13.5. The van der Waals surface area contributed by atoms with Crippen LogP contribution in [0.15, 0.2) is 24.3 Å². The Morgan fingerprint density at radius 3 is 1.82 bits per heavy atom. The Morgan fingerprint density at radius 1 is 0.941 bits per heavy atom. The molecule has 1 atom stereocenters. The summed E-state index contributed by atoms with van der Waals surface area (Å²) < 4.78 is 74.1. The zero-order valence-corrected chi connectivity index (χ0v) is 8.52. The fourth-order valence-corrected chi connectivity index (χ4v) is 1.16. The van der Waals surface area contributed by atoms with Gasteiger partial charge in [0, 0.05) is 0 Å². The van der Waals surface area contributed by atoms with Crippen LogP contribution in [0.1, 0.15) is 18.1 Å². The Morgan fingerprint density at radius 2 is 1.41 bits per heavy atom. The summed E-state index contributed by atoms with van der Waals surface area (Å²) in [6.45, 7) is 0.405. The van der Waals surface area contributed by atoms with Gasteiger partial charge in [0.2, 0.25) is 0 Å². The van der Waals surface area contributed by atoms with Crippen molar-refractivity contribution in [1.29, 1.82) is 0 Å². The van der Waals surface area contributed by atoms with E-state index in [0.29, 0.717) is 13.0 Å². The van der Waals surface area contributed by atoms with Crippen molar-refractivity contribution in [3.63, 3.8) is 0 Å². The molecule has 0 heterocycles. The molecule has 1 nitrogen and oxygen atoms in total. The van der Waals surface area contributed by atoms with Gasteiger partial charge in [-0.25, -0.2) is 0 Å². The third-order valence-electron chi connectivity index (χ3n) is 2.30. The van der Waals surface area contributed by atoms with Crippen LogP contribution < -0.4 is 0 Å². The van der Waals surface area contributed by atoms with Crippen LogP contribution in [-0.4, -0.2) is 11.3 Å². The van der Waals surface area contributed by atoms with Crippen LogP contribution >= 0.6 is 0 Å². The van der Waals surface area contributed by atoms with E-state index >= 15 is 0 Å². The molecule has 0 bridgehead atoms. The number of aliphatic hydroxyl groups is 1. The Balaban J connectivity index is 3.26. The molecule has 1 aromatic rings. The van der Waals surface area contributed by atoms with Gasteiger partial charge < -0.3 is 5.11 Å². The lowest BCUT2D eigenvalue weighted by Gasteiger charge is -2.27. The van der Waals surface area contributed by atoms with Crippen molar-refractivity contribution in [3.8, 4) is 0 Å². The van der Waals surface area contributed by atoms with Crippen molar-refractivity contribution in [1.82, 2.24) is 0 Å². The number of alkyl halides is 6. The topological polar surface area (TPSA) is 20.2 Å². The van der Waals surface area contributed by atoms with Crippen LogP contribution in [0.3, 0.4) is 0 Å². The Kier molecular flexibility index (Phi) is 3.17. The number of benzene rings is 1. The molecule has 96 valence electrons.